The number of methoxy groups -OCH3 is 3. The van der Waals surface area contributed by atoms with Crippen LogP contribution in [-0.4, -0.2) is 32.4 Å². The van der Waals surface area contributed by atoms with Crippen molar-refractivity contribution in [3.63, 3.8) is 0 Å². The lowest BCUT2D eigenvalue weighted by atomic mass is 10.1. The van der Waals surface area contributed by atoms with E-state index in [1.165, 1.54) is 21.3 Å². The summed E-state index contributed by atoms with van der Waals surface area (Å²) in [6.07, 6.45) is -1.05. The highest BCUT2D eigenvalue weighted by molar-refractivity contribution is 5.74. The second kappa shape index (κ2) is 8.21. The fraction of sp³-hybridized carbons (Fsp3) is 0.278. The molecule has 0 spiro atoms. The van der Waals surface area contributed by atoms with Gasteiger partial charge in [-0.3, -0.25) is 0 Å². The van der Waals surface area contributed by atoms with Gasteiger partial charge in [0, 0.05) is 0 Å². The fourth-order valence-electron chi connectivity index (χ4n) is 2.34. The molecular weight excluding hydrogens is 312 g/mol. The van der Waals surface area contributed by atoms with Crippen molar-refractivity contribution >= 4 is 5.97 Å². The number of rotatable bonds is 8. The summed E-state index contributed by atoms with van der Waals surface area (Å²) in [7, 11) is 4.56. The molecule has 1 atom stereocenters. The van der Waals surface area contributed by atoms with E-state index in [-0.39, 0.29) is 6.61 Å². The number of benzene rings is 2. The van der Waals surface area contributed by atoms with Gasteiger partial charge in [0.25, 0.3) is 0 Å². The normalized spacial score (nSPS) is 11.6. The Morgan fingerprint density at radius 3 is 2.04 bits per heavy atom. The molecule has 6 heteroatoms. The lowest BCUT2D eigenvalue weighted by Crippen LogP contribution is -2.15. The van der Waals surface area contributed by atoms with Gasteiger partial charge in [-0.2, -0.15) is 0 Å². The van der Waals surface area contributed by atoms with Gasteiger partial charge in [0.05, 0.1) is 27.9 Å². The van der Waals surface area contributed by atoms with Crippen LogP contribution in [0.25, 0.3) is 0 Å². The number of aliphatic carboxylic acids is 1. The Kier molecular flexibility index (Phi) is 6.03. The first-order chi connectivity index (χ1) is 11.6. The molecular formula is C18H20O6. The number of carboxylic acid groups (broad SMARTS) is 1. The van der Waals surface area contributed by atoms with Crippen molar-refractivity contribution in [2.75, 3.05) is 21.3 Å². The van der Waals surface area contributed by atoms with Crippen LogP contribution in [0.15, 0.2) is 42.5 Å². The topological polar surface area (TPSA) is 74.2 Å². The minimum absolute atomic E-state index is 0.0859. The lowest BCUT2D eigenvalue weighted by Gasteiger charge is -2.17. The summed E-state index contributed by atoms with van der Waals surface area (Å²) >= 11 is 0. The summed E-state index contributed by atoms with van der Waals surface area (Å²) in [5, 5.41) is 9.39. The third-order valence-corrected chi connectivity index (χ3v) is 3.47. The zero-order chi connectivity index (χ0) is 17.5. The molecule has 0 heterocycles. The molecule has 0 aliphatic heterocycles. The van der Waals surface area contributed by atoms with E-state index in [1.807, 2.05) is 6.07 Å². The van der Waals surface area contributed by atoms with Crippen molar-refractivity contribution in [3.05, 3.63) is 53.6 Å². The second-order valence-corrected chi connectivity index (χ2v) is 4.97. The molecule has 0 aliphatic carbocycles. The van der Waals surface area contributed by atoms with E-state index in [9.17, 15) is 9.90 Å². The van der Waals surface area contributed by atoms with Crippen molar-refractivity contribution in [3.8, 4) is 17.2 Å². The zero-order valence-electron chi connectivity index (χ0n) is 13.8. The van der Waals surface area contributed by atoms with Crippen molar-refractivity contribution in [1.82, 2.24) is 0 Å². The molecule has 0 radical (unpaired) electrons. The standard InChI is InChI=1S/C18H20O6/c1-21-14-9-12(10-15(22-2)17(14)23-3)11-24-16(18(19)20)13-7-5-4-6-8-13/h4-10,16H,11H2,1-3H3,(H,19,20). The van der Waals surface area contributed by atoms with Gasteiger partial charge >= 0.3 is 5.97 Å². The molecule has 1 unspecified atom stereocenters. The number of ether oxygens (including phenoxy) is 4. The smallest absolute Gasteiger partial charge is 0.337 e. The summed E-state index contributed by atoms with van der Waals surface area (Å²) in [4.78, 5) is 11.5. The second-order valence-electron chi connectivity index (χ2n) is 4.97. The van der Waals surface area contributed by atoms with Crippen LogP contribution in [0.5, 0.6) is 17.2 Å². The molecule has 24 heavy (non-hydrogen) atoms. The maximum absolute atomic E-state index is 11.5. The maximum Gasteiger partial charge on any atom is 0.337 e. The van der Waals surface area contributed by atoms with E-state index in [4.69, 9.17) is 18.9 Å². The third-order valence-electron chi connectivity index (χ3n) is 3.47. The monoisotopic (exact) mass is 332 g/mol. The minimum Gasteiger partial charge on any atom is -0.493 e. The largest absolute Gasteiger partial charge is 0.493 e. The molecule has 128 valence electrons. The SMILES string of the molecule is COc1cc(COC(C(=O)O)c2ccccc2)cc(OC)c1OC. The van der Waals surface area contributed by atoms with Gasteiger partial charge in [0.2, 0.25) is 5.75 Å². The molecule has 0 saturated carbocycles. The first-order valence-corrected chi connectivity index (χ1v) is 7.29. The summed E-state index contributed by atoms with van der Waals surface area (Å²) in [6.45, 7) is 0.0859. The molecule has 0 amide bonds. The molecule has 0 saturated heterocycles. The number of hydrogen-bond donors (Lipinski definition) is 1. The van der Waals surface area contributed by atoms with Crippen molar-refractivity contribution in [2.45, 2.75) is 12.7 Å². The number of carbonyl (C=O) groups is 1. The predicted molar refractivity (Wildman–Crippen MR) is 87.7 cm³/mol. The van der Waals surface area contributed by atoms with E-state index in [2.05, 4.69) is 0 Å². The van der Waals surface area contributed by atoms with Crippen LogP contribution in [0.2, 0.25) is 0 Å². The maximum atomic E-state index is 11.5. The number of carboxylic acids is 1. The highest BCUT2D eigenvalue weighted by Gasteiger charge is 2.21. The Labute approximate surface area is 140 Å². The fourth-order valence-corrected chi connectivity index (χ4v) is 2.34. The highest BCUT2D eigenvalue weighted by atomic mass is 16.5. The molecule has 6 nitrogen and oxygen atoms in total. The Balaban J connectivity index is 2.22. The van der Waals surface area contributed by atoms with E-state index in [1.54, 1.807) is 36.4 Å². The van der Waals surface area contributed by atoms with Crippen LogP contribution in [0.4, 0.5) is 0 Å². The average Bonchev–Trinajstić information content (AvgIpc) is 2.61. The molecule has 1 N–H and O–H groups in total. The van der Waals surface area contributed by atoms with Gasteiger partial charge in [-0.1, -0.05) is 30.3 Å². The van der Waals surface area contributed by atoms with Crippen LogP contribution in [0, 0.1) is 0 Å². The molecule has 0 aromatic heterocycles. The van der Waals surface area contributed by atoms with Crippen LogP contribution >= 0.6 is 0 Å². The molecule has 2 aromatic carbocycles. The van der Waals surface area contributed by atoms with Crippen molar-refractivity contribution in [2.24, 2.45) is 0 Å². The van der Waals surface area contributed by atoms with Crippen LogP contribution in [0.3, 0.4) is 0 Å². The van der Waals surface area contributed by atoms with Crippen LogP contribution in [0.1, 0.15) is 17.2 Å². The zero-order valence-corrected chi connectivity index (χ0v) is 13.8. The molecule has 2 aromatic rings. The third kappa shape index (κ3) is 3.97. The van der Waals surface area contributed by atoms with Crippen LogP contribution < -0.4 is 14.2 Å². The quantitative estimate of drug-likeness (QED) is 0.801. The highest BCUT2D eigenvalue weighted by Crippen LogP contribution is 2.38. The van der Waals surface area contributed by atoms with E-state index in [0.717, 1.165) is 0 Å². The Bertz CT molecular complexity index is 658. The number of hydrogen-bond acceptors (Lipinski definition) is 5. The van der Waals surface area contributed by atoms with Crippen molar-refractivity contribution in [1.29, 1.82) is 0 Å². The van der Waals surface area contributed by atoms with Crippen molar-refractivity contribution < 1.29 is 28.8 Å². The molecule has 2 rings (SSSR count). The first-order valence-electron chi connectivity index (χ1n) is 7.29. The average molecular weight is 332 g/mol. The Hall–Kier alpha value is -2.73. The van der Waals surface area contributed by atoms with E-state index < -0.39 is 12.1 Å². The van der Waals surface area contributed by atoms with Gasteiger partial charge in [0.15, 0.2) is 17.6 Å². The van der Waals surface area contributed by atoms with Gasteiger partial charge in [-0.05, 0) is 23.3 Å². The van der Waals surface area contributed by atoms with E-state index >= 15 is 0 Å². The lowest BCUT2D eigenvalue weighted by molar-refractivity contribution is -0.151. The van der Waals surface area contributed by atoms with Gasteiger partial charge in [-0.25, -0.2) is 4.79 Å². The molecule has 0 fully saturated rings. The van der Waals surface area contributed by atoms with Gasteiger partial charge in [0.1, 0.15) is 0 Å². The Morgan fingerprint density at radius 2 is 1.58 bits per heavy atom. The molecule has 0 aliphatic rings. The summed E-state index contributed by atoms with van der Waals surface area (Å²) < 4.78 is 21.4. The van der Waals surface area contributed by atoms with Gasteiger partial charge < -0.3 is 24.1 Å². The summed E-state index contributed by atoms with van der Waals surface area (Å²) in [5.74, 6) is 0.402. The van der Waals surface area contributed by atoms with Gasteiger partial charge in [-0.15, -0.1) is 0 Å². The van der Waals surface area contributed by atoms with Crippen LogP contribution in [-0.2, 0) is 16.1 Å². The Morgan fingerprint density at radius 1 is 1.00 bits per heavy atom. The molecule has 0 bridgehead atoms. The predicted octanol–water partition coefficient (Wildman–Crippen LogP) is 3.05. The summed E-state index contributed by atoms with van der Waals surface area (Å²) in [6, 6.07) is 12.3. The van der Waals surface area contributed by atoms with E-state index in [0.29, 0.717) is 28.4 Å². The first kappa shape index (κ1) is 17.6. The minimum atomic E-state index is -1.05. The summed E-state index contributed by atoms with van der Waals surface area (Å²) in [5.41, 5.74) is 1.30.